The zero-order valence-electron chi connectivity index (χ0n) is 14.6. The van der Waals surface area contributed by atoms with Crippen molar-refractivity contribution in [2.75, 3.05) is 7.11 Å². The quantitative estimate of drug-likeness (QED) is 0.611. The Kier molecular flexibility index (Phi) is 3.49. The van der Waals surface area contributed by atoms with E-state index in [0.717, 1.165) is 35.9 Å². The van der Waals surface area contributed by atoms with E-state index in [2.05, 4.69) is 38.0 Å². The molecule has 1 saturated carbocycles. The molecular weight excluding hydrogens is 280 g/mol. The molecule has 4 rings (SSSR count). The van der Waals surface area contributed by atoms with Crippen molar-refractivity contribution >= 4 is 0 Å². The number of methoxy groups -OCH3 is 1. The van der Waals surface area contributed by atoms with Crippen molar-refractivity contribution in [1.29, 1.82) is 0 Å². The maximum Gasteiger partial charge on any atom is 0.0958 e. The fourth-order valence-corrected chi connectivity index (χ4v) is 6.25. The minimum atomic E-state index is 0.336. The molecule has 122 valence electrons. The van der Waals surface area contributed by atoms with Gasteiger partial charge in [0.15, 0.2) is 0 Å². The monoisotopic (exact) mass is 308 g/mol. The molecule has 0 N–H and O–H groups in total. The molecule has 0 heterocycles. The first-order valence-corrected chi connectivity index (χ1v) is 9.20. The molecule has 23 heavy (non-hydrogen) atoms. The summed E-state index contributed by atoms with van der Waals surface area (Å²) in [5.41, 5.74) is 3.17. The van der Waals surface area contributed by atoms with Crippen LogP contribution in [0.1, 0.15) is 46.0 Å². The Morgan fingerprint density at radius 2 is 2.04 bits per heavy atom. The van der Waals surface area contributed by atoms with Gasteiger partial charge in [0.2, 0.25) is 0 Å². The van der Waals surface area contributed by atoms with Crippen molar-refractivity contribution in [2.24, 2.45) is 35.0 Å². The Morgan fingerprint density at radius 3 is 2.78 bits per heavy atom. The molecule has 0 aliphatic heterocycles. The second kappa shape index (κ2) is 5.30. The molecule has 0 amide bonds. The fraction of sp³-hybridized carbons (Fsp3) is 0.636. The zero-order valence-corrected chi connectivity index (χ0v) is 14.6. The third kappa shape index (κ3) is 2.07. The Hall–Kier alpha value is -1.42. The van der Waals surface area contributed by atoms with Gasteiger partial charge in [0, 0.05) is 12.0 Å². The van der Waals surface area contributed by atoms with Gasteiger partial charge < -0.3 is 4.74 Å². The second-order valence-corrected chi connectivity index (χ2v) is 8.34. The Morgan fingerprint density at radius 1 is 1.26 bits per heavy atom. The first-order valence-electron chi connectivity index (χ1n) is 9.20. The molecule has 4 aliphatic rings. The molecule has 6 atom stereocenters. The lowest BCUT2D eigenvalue weighted by Crippen LogP contribution is -2.48. The van der Waals surface area contributed by atoms with E-state index in [1.54, 1.807) is 7.11 Å². The van der Waals surface area contributed by atoms with Gasteiger partial charge in [-0.2, -0.15) is 0 Å². The first-order chi connectivity index (χ1) is 11.1. The van der Waals surface area contributed by atoms with Gasteiger partial charge in [-0.25, -0.2) is 0 Å². The summed E-state index contributed by atoms with van der Waals surface area (Å²) < 4.78 is 5.53. The van der Waals surface area contributed by atoms with Crippen LogP contribution in [0.4, 0.5) is 0 Å². The maximum atomic E-state index is 5.78. The topological polar surface area (TPSA) is 9.23 Å². The molecule has 0 radical (unpaired) electrons. The molecule has 0 aromatic heterocycles. The van der Waals surface area contributed by atoms with E-state index in [1.807, 2.05) is 0 Å². The summed E-state index contributed by atoms with van der Waals surface area (Å²) in [6.07, 6.45) is 19.1. The molecule has 4 unspecified atom stereocenters. The number of terminal acetylenes is 1. The summed E-state index contributed by atoms with van der Waals surface area (Å²) in [6.45, 7) is 4.95. The smallest absolute Gasteiger partial charge is 0.0958 e. The highest BCUT2D eigenvalue weighted by Gasteiger charge is 2.53. The minimum Gasteiger partial charge on any atom is -0.501 e. The Labute approximate surface area is 140 Å². The zero-order chi connectivity index (χ0) is 16.2. The van der Waals surface area contributed by atoms with Crippen LogP contribution in [0.3, 0.4) is 0 Å². The minimum absolute atomic E-state index is 0.336. The third-order valence-electron chi connectivity index (χ3n) is 7.46. The normalized spacial score (nSPS) is 44.8. The largest absolute Gasteiger partial charge is 0.501 e. The van der Waals surface area contributed by atoms with Gasteiger partial charge in [-0.15, -0.1) is 6.42 Å². The number of fused-ring (bicyclic) bond motifs is 5. The number of rotatable bonds is 1. The van der Waals surface area contributed by atoms with Crippen molar-refractivity contribution in [3.8, 4) is 12.3 Å². The van der Waals surface area contributed by atoms with Gasteiger partial charge in [0.05, 0.1) is 12.9 Å². The van der Waals surface area contributed by atoms with Gasteiger partial charge in [-0.05, 0) is 72.3 Å². The summed E-state index contributed by atoms with van der Waals surface area (Å²) in [7, 11) is 1.81. The molecule has 0 aromatic carbocycles. The van der Waals surface area contributed by atoms with Crippen LogP contribution in [-0.4, -0.2) is 7.11 Å². The van der Waals surface area contributed by atoms with Gasteiger partial charge >= 0.3 is 0 Å². The number of hydrogen-bond acceptors (Lipinski definition) is 1. The van der Waals surface area contributed by atoms with Crippen LogP contribution >= 0.6 is 0 Å². The highest BCUT2D eigenvalue weighted by molar-refractivity contribution is 5.38. The van der Waals surface area contributed by atoms with E-state index in [4.69, 9.17) is 11.2 Å². The van der Waals surface area contributed by atoms with Gasteiger partial charge in [-0.1, -0.05) is 31.9 Å². The van der Waals surface area contributed by atoms with Crippen LogP contribution in [0.5, 0.6) is 0 Å². The van der Waals surface area contributed by atoms with Gasteiger partial charge in [0.25, 0.3) is 0 Å². The summed E-state index contributed by atoms with van der Waals surface area (Å²) in [4.78, 5) is 0. The molecule has 1 fully saturated rings. The second-order valence-electron chi connectivity index (χ2n) is 8.34. The number of hydrogen-bond donors (Lipinski definition) is 0. The summed E-state index contributed by atoms with van der Waals surface area (Å²) >= 11 is 0. The molecular formula is C22H28O. The average Bonchev–Trinajstić information content (AvgIpc) is 3.00. The molecule has 1 heteroatoms. The lowest BCUT2D eigenvalue weighted by molar-refractivity contribution is -0.00202. The Bertz CT molecular complexity index is 643. The summed E-state index contributed by atoms with van der Waals surface area (Å²) in [6, 6.07) is 0. The molecule has 0 spiro atoms. The molecule has 0 bridgehead atoms. The van der Waals surface area contributed by atoms with E-state index in [1.165, 1.54) is 36.8 Å². The first kappa shape index (κ1) is 15.1. The fourth-order valence-electron chi connectivity index (χ4n) is 6.25. The van der Waals surface area contributed by atoms with Crippen molar-refractivity contribution in [1.82, 2.24) is 0 Å². The van der Waals surface area contributed by atoms with Crippen LogP contribution < -0.4 is 0 Å². The van der Waals surface area contributed by atoms with E-state index >= 15 is 0 Å². The summed E-state index contributed by atoms with van der Waals surface area (Å²) in [5.74, 6) is 7.90. The van der Waals surface area contributed by atoms with E-state index in [0.29, 0.717) is 11.3 Å². The average molecular weight is 308 g/mol. The SMILES string of the molecule is C#CC1=CCC2C3CC=C4C=C(OC)CC[C@]4(C)C3C[C@@H](C)C12. The predicted molar refractivity (Wildman–Crippen MR) is 94.4 cm³/mol. The molecule has 1 nitrogen and oxygen atoms in total. The van der Waals surface area contributed by atoms with Gasteiger partial charge in [0.1, 0.15) is 0 Å². The maximum absolute atomic E-state index is 5.78. The van der Waals surface area contributed by atoms with E-state index < -0.39 is 0 Å². The van der Waals surface area contributed by atoms with Crippen LogP contribution in [-0.2, 0) is 4.74 Å². The van der Waals surface area contributed by atoms with E-state index in [9.17, 15) is 0 Å². The van der Waals surface area contributed by atoms with Crippen molar-refractivity contribution in [3.63, 3.8) is 0 Å². The highest BCUT2D eigenvalue weighted by atomic mass is 16.5. The van der Waals surface area contributed by atoms with Crippen LogP contribution in [0.25, 0.3) is 0 Å². The van der Waals surface area contributed by atoms with Crippen molar-refractivity contribution < 1.29 is 4.74 Å². The standard InChI is InChI=1S/C22H28O/c1-5-15-6-8-19-18-9-7-16-13-17(23-4)10-11-22(16,3)20(18)12-14(2)21(15)19/h1,6-7,13-14,18-21H,8-12H2,2-4H3/t14-,18?,19?,20?,21?,22+/m1/s1. The van der Waals surface area contributed by atoms with Crippen molar-refractivity contribution in [3.05, 3.63) is 35.1 Å². The summed E-state index contributed by atoms with van der Waals surface area (Å²) in [5, 5.41) is 0. The van der Waals surface area contributed by atoms with Crippen molar-refractivity contribution in [2.45, 2.75) is 46.0 Å². The lowest BCUT2D eigenvalue weighted by atomic mass is 9.49. The number of allylic oxidation sites excluding steroid dienone is 6. The van der Waals surface area contributed by atoms with Crippen LogP contribution in [0.15, 0.2) is 35.1 Å². The molecule has 4 aliphatic carbocycles. The van der Waals surface area contributed by atoms with Crippen LogP contribution in [0.2, 0.25) is 0 Å². The molecule has 0 aromatic rings. The Balaban J connectivity index is 1.70. The highest BCUT2D eigenvalue weighted by Crippen LogP contribution is 2.62. The molecule has 0 saturated heterocycles. The lowest BCUT2D eigenvalue weighted by Gasteiger charge is -2.55. The predicted octanol–water partition coefficient (Wildman–Crippen LogP) is 5.11. The van der Waals surface area contributed by atoms with E-state index in [-0.39, 0.29) is 0 Å². The number of ether oxygens (including phenoxy) is 1. The third-order valence-corrected chi connectivity index (χ3v) is 7.46. The van der Waals surface area contributed by atoms with Crippen LogP contribution in [0, 0.1) is 47.3 Å². The van der Waals surface area contributed by atoms with Gasteiger partial charge in [-0.3, -0.25) is 0 Å².